The second-order valence-corrected chi connectivity index (χ2v) is 10.1. The molecule has 3 rings (SSSR count). The van der Waals surface area contributed by atoms with Crippen molar-refractivity contribution >= 4 is 15.8 Å². The van der Waals surface area contributed by atoms with Crippen molar-refractivity contribution in [2.45, 2.75) is 37.6 Å². The standard InChI is InChI=1S/C25H35N3O4S/c1-4-27(5-2)24(20-8-12-22(32-3)13-9-20)18-26-19-25(29)21-10-14-23(15-11-21)33(30,31)28-16-6-7-17-28/h8-15,24,26H,4-7,16-19H2,1-3H3. The van der Waals surface area contributed by atoms with Gasteiger partial charge < -0.3 is 10.1 Å². The zero-order chi connectivity index (χ0) is 23.8. The van der Waals surface area contributed by atoms with Gasteiger partial charge in [0.15, 0.2) is 5.78 Å². The Hall–Kier alpha value is -2.26. The van der Waals surface area contributed by atoms with Crippen LogP contribution in [0.1, 0.15) is 48.7 Å². The number of rotatable bonds is 12. The molecule has 0 amide bonds. The summed E-state index contributed by atoms with van der Waals surface area (Å²) in [6, 6.07) is 14.5. The molecule has 8 heteroatoms. The van der Waals surface area contributed by atoms with E-state index in [-0.39, 0.29) is 23.3 Å². The third kappa shape index (κ3) is 6.20. The van der Waals surface area contributed by atoms with Crippen LogP contribution in [-0.4, -0.2) is 69.8 Å². The third-order valence-electron chi connectivity index (χ3n) is 6.26. The van der Waals surface area contributed by atoms with Crippen molar-refractivity contribution in [1.82, 2.24) is 14.5 Å². The van der Waals surface area contributed by atoms with E-state index in [1.54, 1.807) is 19.2 Å². The van der Waals surface area contributed by atoms with E-state index < -0.39 is 10.0 Å². The molecular weight excluding hydrogens is 438 g/mol. The number of benzene rings is 2. The van der Waals surface area contributed by atoms with Crippen LogP contribution in [0, 0.1) is 0 Å². The number of nitrogens with zero attached hydrogens (tertiary/aromatic N) is 2. The summed E-state index contributed by atoms with van der Waals surface area (Å²) >= 11 is 0. The van der Waals surface area contributed by atoms with Gasteiger partial charge in [-0.15, -0.1) is 0 Å². The molecule has 1 atom stereocenters. The molecule has 180 valence electrons. The van der Waals surface area contributed by atoms with Gasteiger partial charge in [0.25, 0.3) is 0 Å². The maximum Gasteiger partial charge on any atom is 0.243 e. The summed E-state index contributed by atoms with van der Waals surface area (Å²) in [5.74, 6) is 0.753. The van der Waals surface area contributed by atoms with Crippen LogP contribution in [0.4, 0.5) is 0 Å². The van der Waals surface area contributed by atoms with E-state index in [1.807, 2.05) is 12.1 Å². The number of methoxy groups -OCH3 is 1. The Morgan fingerprint density at radius 1 is 1.03 bits per heavy atom. The first kappa shape index (κ1) is 25.4. The second-order valence-electron chi connectivity index (χ2n) is 8.20. The highest BCUT2D eigenvalue weighted by molar-refractivity contribution is 7.89. The molecule has 2 aromatic carbocycles. The number of ether oxygens (including phenoxy) is 1. The van der Waals surface area contributed by atoms with Crippen LogP contribution in [0.25, 0.3) is 0 Å². The van der Waals surface area contributed by atoms with Gasteiger partial charge in [0.1, 0.15) is 5.75 Å². The molecule has 1 fully saturated rings. The van der Waals surface area contributed by atoms with Gasteiger partial charge in [0.2, 0.25) is 10.0 Å². The van der Waals surface area contributed by atoms with Crippen molar-refractivity contribution in [1.29, 1.82) is 0 Å². The minimum Gasteiger partial charge on any atom is -0.497 e. The largest absolute Gasteiger partial charge is 0.497 e. The van der Waals surface area contributed by atoms with E-state index in [0.29, 0.717) is 25.2 Å². The normalized spacial score (nSPS) is 15.6. The molecule has 1 N–H and O–H groups in total. The van der Waals surface area contributed by atoms with Crippen LogP contribution < -0.4 is 10.1 Å². The second kappa shape index (κ2) is 11.7. The van der Waals surface area contributed by atoms with Crippen LogP contribution in [0.2, 0.25) is 0 Å². The van der Waals surface area contributed by atoms with Gasteiger partial charge in [-0.05, 0) is 55.8 Å². The van der Waals surface area contributed by atoms with Crippen LogP contribution in [0.3, 0.4) is 0 Å². The van der Waals surface area contributed by atoms with Gasteiger partial charge in [-0.3, -0.25) is 9.69 Å². The zero-order valence-corrected chi connectivity index (χ0v) is 20.6. The average Bonchev–Trinajstić information content (AvgIpc) is 3.40. The Morgan fingerprint density at radius 3 is 2.18 bits per heavy atom. The van der Waals surface area contributed by atoms with Crippen molar-refractivity contribution in [2.24, 2.45) is 0 Å². The summed E-state index contributed by atoms with van der Waals surface area (Å²) in [5.41, 5.74) is 1.67. The number of hydrogen-bond donors (Lipinski definition) is 1. The molecule has 2 aromatic rings. The number of hydrogen-bond acceptors (Lipinski definition) is 6. The third-order valence-corrected chi connectivity index (χ3v) is 8.17. The highest BCUT2D eigenvalue weighted by Gasteiger charge is 2.27. The minimum absolute atomic E-state index is 0.0619. The summed E-state index contributed by atoms with van der Waals surface area (Å²) in [7, 11) is -1.82. The SMILES string of the molecule is CCN(CC)C(CNCC(=O)c1ccc(S(=O)(=O)N2CCCC2)cc1)c1ccc(OC)cc1. The van der Waals surface area contributed by atoms with Gasteiger partial charge >= 0.3 is 0 Å². The Morgan fingerprint density at radius 2 is 1.64 bits per heavy atom. The molecule has 1 unspecified atom stereocenters. The van der Waals surface area contributed by atoms with E-state index in [1.165, 1.54) is 16.4 Å². The lowest BCUT2D eigenvalue weighted by Crippen LogP contribution is -2.37. The molecule has 7 nitrogen and oxygen atoms in total. The van der Waals surface area contributed by atoms with Crippen molar-refractivity contribution in [3.8, 4) is 5.75 Å². The van der Waals surface area contributed by atoms with Gasteiger partial charge in [0, 0.05) is 31.2 Å². The molecule has 0 aliphatic carbocycles. The summed E-state index contributed by atoms with van der Waals surface area (Å²) in [6.45, 7) is 7.99. The Labute approximate surface area is 197 Å². The molecule has 1 saturated heterocycles. The summed E-state index contributed by atoms with van der Waals surface area (Å²) in [5, 5.41) is 3.30. The summed E-state index contributed by atoms with van der Waals surface area (Å²) < 4.78 is 32.1. The van der Waals surface area contributed by atoms with Gasteiger partial charge in [-0.2, -0.15) is 4.31 Å². The summed E-state index contributed by atoms with van der Waals surface area (Å²) in [4.78, 5) is 15.3. The van der Waals surface area contributed by atoms with Gasteiger partial charge in [-0.1, -0.05) is 38.1 Å². The topological polar surface area (TPSA) is 79.0 Å². The molecule has 1 aliphatic heterocycles. The minimum atomic E-state index is -3.47. The molecule has 1 heterocycles. The van der Waals surface area contributed by atoms with Crippen molar-refractivity contribution in [3.63, 3.8) is 0 Å². The van der Waals surface area contributed by atoms with E-state index >= 15 is 0 Å². The Balaban J connectivity index is 1.62. The average molecular weight is 474 g/mol. The van der Waals surface area contributed by atoms with E-state index in [2.05, 4.69) is 36.2 Å². The predicted octanol–water partition coefficient (Wildman–Crippen LogP) is 3.34. The Bertz CT molecular complexity index is 997. The van der Waals surface area contributed by atoms with Crippen LogP contribution in [0.15, 0.2) is 53.4 Å². The van der Waals surface area contributed by atoms with E-state index in [0.717, 1.165) is 37.2 Å². The lowest BCUT2D eigenvalue weighted by Gasteiger charge is -2.30. The number of likely N-dealkylation sites (N-methyl/N-ethyl adjacent to an activating group) is 1. The fourth-order valence-electron chi connectivity index (χ4n) is 4.26. The molecule has 0 spiro atoms. The smallest absolute Gasteiger partial charge is 0.243 e. The van der Waals surface area contributed by atoms with Crippen molar-refractivity contribution in [3.05, 3.63) is 59.7 Å². The Kier molecular flexibility index (Phi) is 9.02. The van der Waals surface area contributed by atoms with E-state index in [4.69, 9.17) is 4.74 Å². The highest BCUT2D eigenvalue weighted by atomic mass is 32.2. The quantitative estimate of drug-likeness (QED) is 0.477. The number of sulfonamides is 1. The number of carbonyl (C=O) groups excluding carboxylic acids is 1. The lowest BCUT2D eigenvalue weighted by atomic mass is 10.0. The molecular formula is C25H35N3O4S. The van der Waals surface area contributed by atoms with E-state index in [9.17, 15) is 13.2 Å². The van der Waals surface area contributed by atoms with Crippen molar-refractivity contribution < 1.29 is 17.9 Å². The molecule has 0 aromatic heterocycles. The highest BCUT2D eigenvalue weighted by Crippen LogP contribution is 2.23. The predicted molar refractivity (Wildman–Crippen MR) is 130 cm³/mol. The first-order valence-electron chi connectivity index (χ1n) is 11.6. The molecule has 0 saturated carbocycles. The molecule has 33 heavy (non-hydrogen) atoms. The zero-order valence-electron chi connectivity index (χ0n) is 19.8. The number of Topliss-reactive ketones (excluding diaryl/α,β-unsaturated/α-hetero) is 1. The van der Waals surface area contributed by atoms with Crippen LogP contribution in [0.5, 0.6) is 5.75 Å². The molecule has 0 radical (unpaired) electrons. The fourth-order valence-corrected chi connectivity index (χ4v) is 5.78. The molecule has 0 bridgehead atoms. The first-order valence-corrected chi connectivity index (χ1v) is 13.1. The number of nitrogens with one attached hydrogen (secondary N) is 1. The fraction of sp³-hybridized carbons (Fsp3) is 0.480. The molecule has 1 aliphatic rings. The maximum atomic E-state index is 12.7. The number of carbonyl (C=O) groups is 1. The van der Waals surface area contributed by atoms with Gasteiger partial charge in [0.05, 0.1) is 18.6 Å². The summed E-state index contributed by atoms with van der Waals surface area (Å²) in [6.07, 6.45) is 1.79. The lowest BCUT2D eigenvalue weighted by molar-refractivity contribution is 0.0986. The maximum absolute atomic E-state index is 12.7. The number of ketones is 1. The van der Waals surface area contributed by atoms with Gasteiger partial charge in [-0.25, -0.2) is 8.42 Å². The van der Waals surface area contributed by atoms with Crippen molar-refractivity contribution in [2.75, 3.05) is 46.4 Å². The first-order chi connectivity index (χ1) is 15.9. The van der Waals surface area contributed by atoms with Crippen LogP contribution >= 0.6 is 0 Å². The monoisotopic (exact) mass is 473 g/mol. The van der Waals surface area contributed by atoms with Crippen LogP contribution in [-0.2, 0) is 10.0 Å².